The van der Waals surface area contributed by atoms with Gasteiger partial charge in [0.15, 0.2) is 12.7 Å². The number of ether oxygens (including phenoxy) is 1. The summed E-state index contributed by atoms with van der Waals surface area (Å²) < 4.78 is 58.4. The molecule has 0 saturated carbocycles. The number of alkyl halides is 3. The molecule has 200 valence electrons. The van der Waals surface area contributed by atoms with Crippen LogP contribution in [0.5, 0.6) is 5.88 Å². The van der Waals surface area contributed by atoms with Gasteiger partial charge in [0, 0.05) is 48.9 Å². The van der Waals surface area contributed by atoms with E-state index in [4.69, 9.17) is 20.3 Å². The molecule has 1 atom stereocenters. The van der Waals surface area contributed by atoms with Crippen molar-refractivity contribution in [1.82, 2.24) is 19.9 Å². The van der Waals surface area contributed by atoms with Gasteiger partial charge in [0.25, 0.3) is 5.91 Å². The van der Waals surface area contributed by atoms with E-state index < -0.39 is 42.2 Å². The number of amides is 1. The fourth-order valence-corrected chi connectivity index (χ4v) is 5.41. The van der Waals surface area contributed by atoms with Crippen LogP contribution in [-0.4, -0.2) is 51.2 Å². The summed E-state index contributed by atoms with van der Waals surface area (Å²) in [5.41, 5.74) is 6.48. The van der Waals surface area contributed by atoms with Crippen molar-refractivity contribution in [3.63, 3.8) is 0 Å². The van der Waals surface area contributed by atoms with E-state index in [1.165, 1.54) is 23.5 Å². The highest BCUT2D eigenvalue weighted by Gasteiger charge is 2.38. The molecular weight excluding hydrogens is 528 g/mol. The SMILES string of the molecule is Nc1cccc(F)c1C1CC(c2csc(C3CCN(C(=O)COc4nccnc4C(F)(F)F)CC3)n2)=NO1. The molecule has 5 rings (SSSR count). The number of carbonyl (C=O) groups excluding carboxylic acids is 1. The van der Waals surface area contributed by atoms with E-state index in [9.17, 15) is 22.4 Å². The summed E-state index contributed by atoms with van der Waals surface area (Å²) >= 11 is 1.47. The Bertz CT molecular complexity index is 1340. The van der Waals surface area contributed by atoms with E-state index in [1.54, 1.807) is 11.0 Å². The van der Waals surface area contributed by atoms with Gasteiger partial charge in [0.05, 0.1) is 16.3 Å². The predicted molar refractivity (Wildman–Crippen MR) is 129 cm³/mol. The van der Waals surface area contributed by atoms with Crippen LogP contribution in [0.15, 0.2) is 41.1 Å². The molecule has 4 heterocycles. The highest BCUT2D eigenvalue weighted by Crippen LogP contribution is 2.36. The average molecular weight is 551 g/mol. The molecule has 1 unspecified atom stereocenters. The highest BCUT2D eigenvalue weighted by molar-refractivity contribution is 7.10. The number of thiazole rings is 1. The lowest BCUT2D eigenvalue weighted by Gasteiger charge is -2.31. The van der Waals surface area contributed by atoms with Crippen molar-refractivity contribution in [3.05, 3.63) is 63.7 Å². The molecule has 1 aromatic carbocycles. The van der Waals surface area contributed by atoms with Crippen LogP contribution >= 0.6 is 11.3 Å². The topological polar surface area (TPSA) is 116 Å². The van der Waals surface area contributed by atoms with Crippen molar-refractivity contribution in [2.75, 3.05) is 25.4 Å². The van der Waals surface area contributed by atoms with Crippen LogP contribution in [0.2, 0.25) is 0 Å². The summed E-state index contributed by atoms with van der Waals surface area (Å²) in [6, 6.07) is 4.47. The molecule has 0 aliphatic carbocycles. The molecule has 0 bridgehead atoms. The van der Waals surface area contributed by atoms with Crippen LogP contribution in [-0.2, 0) is 15.8 Å². The lowest BCUT2D eigenvalue weighted by molar-refractivity contribution is -0.144. The molecule has 0 radical (unpaired) electrons. The van der Waals surface area contributed by atoms with Gasteiger partial charge in [-0.15, -0.1) is 11.3 Å². The summed E-state index contributed by atoms with van der Waals surface area (Å²) in [5.74, 6) is -1.50. The largest absolute Gasteiger partial charge is 0.466 e. The first kappa shape index (κ1) is 25.8. The third-order valence-corrected chi connectivity index (χ3v) is 7.36. The minimum absolute atomic E-state index is 0.108. The summed E-state index contributed by atoms with van der Waals surface area (Å²) in [5, 5.41) is 6.85. The van der Waals surface area contributed by atoms with Crippen molar-refractivity contribution in [2.45, 2.75) is 37.5 Å². The zero-order valence-corrected chi connectivity index (χ0v) is 20.6. The van der Waals surface area contributed by atoms with Gasteiger partial charge in [-0.05, 0) is 25.0 Å². The molecule has 2 aliphatic heterocycles. The van der Waals surface area contributed by atoms with Gasteiger partial charge < -0.3 is 20.2 Å². The maximum atomic E-state index is 14.3. The molecule has 1 saturated heterocycles. The van der Waals surface area contributed by atoms with E-state index in [2.05, 4.69) is 15.1 Å². The quantitative estimate of drug-likeness (QED) is 0.359. The number of oxime groups is 1. The number of carbonyl (C=O) groups is 1. The molecule has 2 aliphatic rings. The predicted octanol–water partition coefficient (Wildman–Crippen LogP) is 4.32. The second kappa shape index (κ2) is 10.5. The number of rotatable bonds is 6. The highest BCUT2D eigenvalue weighted by atomic mass is 32.1. The third kappa shape index (κ3) is 5.39. The number of piperidine rings is 1. The zero-order chi connectivity index (χ0) is 26.9. The number of likely N-dealkylation sites (tertiary alicyclic amines) is 1. The van der Waals surface area contributed by atoms with Gasteiger partial charge >= 0.3 is 6.18 Å². The maximum absolute atomic E-state index is 14.3. The number of benzene rings is 1. The number of hydrogen-bond donors (Lipinski definition) is 1. The number of anilines is 1. The van der Waals surface area contributed by atoms with Gasteiger partial charge in [-0.25, -0.2) is 19.3 Å². The van der Waals surface area contributed by atoms with Crippen LogP contribution in [0.3, 0.4) is 0 Å². The second-order valence-electron chi connectivity index (χ2n) is 8.80. The first-order valence-electron chi connectivity index (χ1n) is 11.7. The molecule has 38 heavy (non-hydrogen) atoms. The van der Waals surface area contributed by atoms with Crippen LogP contribution in [0.4, 0.5) is 23.2 Å². The summed E-state index contributed by atoms with van der Waals surface area (Å²) in [4.78, 5) is 31.1. The van der Waals surface area contributed by atoms with Crippen LogP contribution in [0.25, 0.3) is 0 Å². The fourth-order valence-electron chi connectivity index (χ4n) is 4.41. The number of aromatic nitrogens is 3. The molecule has 0 spiro atoms. The van der Waals surface area contributed by atoms with Crippen molar-refractivity contribution in [3.8, 4) is 5.88 Å². The molecule has 2 N–H and O–H groups in total. The molecule has 1 amide bonds. The van der Waals surface area contributed by atoms with Crippen LogP contribution in [0, 0.1) is 5.82 Å². The molecule has 1 fully saturated rings. The number of nitrogen functional groups attached to an aromatic ring is 1. The standard InChI is InChI=1S/C24H22F4N6O3S/c25-14-2-1-3-15(29)20(14)18-10-16(33-37-18)17-12-38-23(32-17)13-4-8-34(9-5-13)19(35)11-36-22-21(24(26,27)28)30-6-7-31-22/h1-3,6-7,12-13,18H,4-5,8-11,29H2. The Labute approximate surface area is 218 Å². The Morgan fingerprint density at radius 3 is 2.71 bits per heavy atom. The van der Waals surface area contributed by atoms with E-state index in [0.29, 0.717) is 49.4 Å². The Morgan fingerprint density at radius 2 is 1.97 bits per heavy atom. The Morgan fingerprint density at radius 1 is 1.21 bits per heavy atom. The smallest absolute Gasteiger partial charge is 0.438 e. The fraction of sp³-hybridized carbons (Fsp3) is 0.375. The van der Waals surface area contributed by atoms with E-state index in [0.717, 1.165) is 17.4 Å². The minimum Gasteiger partial charge on any atom is -0.466 e. The molecular formula is C24H22F4N6O3S. The van der Waals surface area contributed by atoms with Gasteiger partial charge in [-0.2, -0.15) is 13.2 Å². The van der Waals surface area contributed by atoms with Crippen molar-refractivity contribution in [2.24, 2.45) is 5.16 Å². The first-order valence-corrected chi connectivity index (χ1v) is 12.6. The lowest BCUT2D eigenvalue weighted by atomic mass is 9.97. The van der Waals surface area contributed by atoms with Crippen molar-refractivity contribution >= 4 is 28.6 Å². The van der Waals surface area contributed by atoms with Crippen molar-refractivity contribution < 1.29 is 31.9 Å². The molecule has 14 heteroatoms. The summed E-state index contributed by atoms with van der Waals surface area (Å²) in [6.45, 7) is 0.251. The summed E-state index contributed by atoms with van der Waals surface area (Å²) in [6.07, 6.45) is -1.77. The van der Waals surface area contributed by atoms with Crippen LogP contribution < -0.4 is 10.5 Å². The van der Waals surface area contributed by atoms with Crippen LogP contribution in [0.1, 0.15) is 53.2 Å². The Hall–Kier alpha value is -3.81. The normalized spacial score (nSPS) is 18.3. The lowest BCUT2D eigenvalue weighted by Crippen LogP contribution is -2.40. The average Bonchev–Trinajstić information content (AvgIpc) is 3.57. The number of nitrogens with zero attached hydrogens (tertiary/aromatic N) is 5. The molecule has 3 aromatic rings. The number of nitrogens with two attached hydrogens (primary N) is 1. The second-order valence-corrected chi connectivity index (χ2v) is 9.69. The van der Waals surface area contributed by atoms with Crippen molar-refractivity contribution in [1.29, 1.82) is 0 Å². The maximum Gasteiger partial charge on any atom is 0.438 e. The van der Waals surface area contributed by atoms with Gasteiger partial charge in [-0.1, -0.05) is 11.2 Å². The van der Waals surface area contributed by atoms with Gasteiger partial charge in [-0.3, -0.25) is 4.79 Å². The van der Waals surface area contributed by atoms with E-state index in [-0.39, 0.29) is 11.5 Å². The monoisotopic (exact) mass is 550 g/mol. The summed E-state index contributed by atoms with van der Waals surface area (Å²) in [7, 11) is 0. The van der Waals surface area contributed by atoms with E-state index in [1.807, 2.05) is 5.38 Å². The number of halogens is 4. The number of hydrogen-bond acceptors (Lipinski definition) is 9. The Balaban J connectivity index is 1.14. The third-order valence-electron chi connectivity index (χ3n) is 6.36. The Kier molecular flexibility index (Phi) is 7.15. The molecule has 9 nitrogen and oxygen atoms in total. The van der Waals surface area contributed by atoms with Gasteiger partial charge in [0.2, 0.25) is 11.6 Å². The van der Waals surface area contributed by atoms with E-state index >= 15 is 0 Å². The molecule has 2 aromatic heterocycles. The first-order chi connectivity index (χ1) is 18.2. The zero-order valence-electron chi connectivity index (χ0n) is 19.8. The minimum atomic E-state index is -4.74. The van der Waals surface area contributed by atoms with Gasteiger partial charge in [0.1, 0.15) is 11.5 Å².